The highest BCUT2D eigenvalue weighted by molar-refractivity contribution is 7.93. The number of sulfonamides is 1. The summed E-state index contributed by atoms with van der Waals surface area (Å²) in [6, 6.07) is 0.252. The molecule has 2 heterocycles. The third-order valence-electron chi connectivity index (χ3n) is 2.93. The summed E-state index contributed by atoms with van der Waals surface area (Å²) in [6.07, 6.45) is 1.55. The molecule has 0 aromatic carbocycles. The number of hydrogen-bond donors (Lipinski definition) is 2. The molecule has 0 radical (unpaired) electrons. The Hall–Kier alpha value is -1.38. The van der Waals surface area contributed by atoms with Crippen LogP contribution in [0.3, 0.4) is 0 Å². The van der Waals surface area contributed by atoms with Gasteiger partial charge in [-0.3, -0.25) is 4.72 Å². The van der Waals surface area contributed by atoms with Gasteiger partial charge >= 0.3 is 0 Å². The van der Waals surface area contributed by atoms with Crippen LogP contribution >= 0.6 is 11.3 Å². The quantitative estimate of drug-likeness (QED) is 0.851. The summed E-state index contributed by atoms with van der Waals surface area (Å²) >= 11 is 1.23. The zero-order valence-corrected chi connectivity index (χ0v) is 14.1. The molecule has 0 saturated carbocycles. The van der Waals surface area contributed by atoms with Crippen LogP contribution in [0.4, 0.5) is 5.13 Å². The van der Waals surface area contributed by atoms with Crippen molar-refractivity contribution in [2.45, 2.75) is 45.2 Å². The molecule has 8 heteroatoms. The van der Waals surface area contributed by atoms with E-state index >= 15 is 0 Å². The van der Waals surface area contributed by atoms with Gasteiger partial charge in [0.25, 0.3) is 10.0 Å². The molecule has 21 heavy (non-hydrogen) atoms. The molecular weight excluding hydrogens is 310 g/mol. The van der Waals surface area contributed by atoms with E-state index in [1.54, 1.807) is 25.4 Å². The van der Waals surface area contributed by atoms with E-state index in [0.717, 1.165) is 0 Å². The fraction of sp³-hybridized carbons (Fsp3) is 0.462. The van der Waals surface area contributed by atoms with Crippen LogP contribution in [0.5, 0.6) is 0 Å². The van der Waals surface area contributed by atoms with Gasteiger partial charge in [-0.15, -0.1) is 11.3 Å². The van der Waals surface area contributed by atoms with Crippen molar-refractivity contribution in [3.63, 3.8) is 0 Å². The summed E-state index contributed by atoms with van der Waals surface area (Å²) in [7, 11) is -3.71. The van der Waals surface area contributed by atoms with E-state index in [1.807, 2.05) is 13.8 Å². The van der Waals surface area contributed by atoms with Gasteiger partial charge in [-0.1, -0.05) is 13.8 Å². The standard InChI is InChI=1S/C13H19N3O3S2/c1-8(2)15-7-11-9(3)19-10(4)12(11)21(17,18)16-13-14-5-6-20-13/h5-6,8,15H,7H2,1-4H3,(H,14,16). The first-order valence-electron chi connectivity index (χ1n) is 6.56. The minimum atomic E-state index is -3.71. The fourth-order valence-electron chi connectivity index (χ4n) is 2.01. The van der Waals surface area contributed by atoms with E-state index in [4.69, 9.17) is 4.42 Å². The predicted molar refractivity (Wildman–Crippen MR) is 83.1 cm³/mol. The number of rotatable bonds is 6. The van der Waals surface area contributed by atoms with Gasteiger partial charge in [-0.05, 0) is 13.8 Å². The Kier molecular flexibility index (Phi) is 4.70. The van der Waals surface area contributed by atoms with E-state index in [1.165, 1.54) is 11.3 Å². The SMILES string of the molecule is Cc1oc(C)c(S(=O)(=O)Nc2nccs2)c1CNC(C)C. The topological polar surface area (TPSA) is 84.2 Å². The average molecular weight is 329 g/mol. The second-order valence-electron chi connectivity index (χ2n) is 5.00. The van der Waals surface area contributed by atoms with Crippen molar-refractivity contribution >= 4 is 26.5 Å². The molecule has 6 nitrogen and oxygen atoms in total. The van der Waals surface area contributed by atoms with Crippen LogP contribution in [-0.2, 0) is 16.6 Å². The van der Waals surface area contributed by atoms with Crippen LogP contribution in [0, 0.1) is 13.8 Å². The molecule has 0 aliphatic carbocycles. The van der Waals surface area contributed by atoms with Crippen LogP contribution < -0.4 is 10.0 Å². The van der Waals surface area contributed by atoms with Gasteiger partial charge < -0.3 is 9.73 Å². The van der Waals surface area contributed by atoms with Gasteiger partial charge in [0.1, 0.15) is 16.4 Å². The van der Waals surface area contributed by atoms with Crippen LogP contribution in [-0.4, -0.2) is 19.4 Å². The lowest BCUT2D eigenvalue weighted by molar-refractivity contribution is 0.492. The Morgan fingerprint density at radius 2 is 2.05 bits per heavy atom. The minimum absolute atomic E-state index is 0.198. The van der Waals surface area contributed by atoms with E-state index in [9.17, 15) is 8.42 Å². The maximum Gasteiger partial charge on any atom is 0.267 e. The first-order valence-corrected chi connectivity index (χ1v) is 8.92. The van der Waals surface area contributed by atoms with Gasteiger partial charge in [0.2, 0.25) is 0 Å². The number of thiazole rings is 1. The Morgan fingerprint density at radius 1 is 1.33 bits per heavy atom. The smallest absolute Gasteiger partial charge is 0.267 e. The van der Waals surface area contributed by atoms with Crippen molar-refractivity contribution in [1.29, 1.82) is 0 Å². The zero-order chi connectivity index (χ0) is 15.6. The number of anilines is 1. The zero-order valence-electron chi connectivity index (χ0n) is 12.4. The third-order valence-corrected chi connectivity index (χ3v) is 5.29. The molecule has 0 aliphatic heterocycles. The number of aryl methyl sites for hydroxylation is 2. The van der Waals surface area contributed by atoms with Gasteiger partial charge in [0.15, 0.2) is 5.13 Å². The van der Waals surface area contributed by atoms with Gasteiger partial charge in [0.05, 0.1) is 0 Å². The van der Waals surface area contributed by atoms with Crippen LogP contribution in [0.15, 0.2) is 20.9 Å². The van der Waals surface area contributed by atoms with Crippen molar-refractivity contribution in [3.05, 3.63) is 28.7 Å². The molecule has 0 amide bonds. The van der Waals surface area contributed by atoms with Crippen molar-refractivity contribution in [1.82, 2.24) is 10.3 Å². The molecule has 2 aromatic rings. The third kappa shape index (κ3) is 3.63. The summed E-state index contributed by atoms with van der Waals surface area (Å²) in [5.74, 6) is 0.997. The lowest BCUT2D eigenvalue weighted by Crippen LogP contribution is -2.24. The van der Waals surface area contributed by atoms with E-state index in [2.05, 4.69) is 15.0 Å². The molecule has 0 saturated heterocycles. The maximum atomic E-state index is 12.6. The molecule has 2 N–H and O–H groups in total. The van der Waals surface area contributed by atoms with Crippen molar-refractivity contribution in [2.75, 3.05) is 4.72 Å². The molecule has 2 aromatic heterocycles. The molecule has 0 spiro atoms. The van der Waals surface area contributed by atoms with Gasteiger partial charge in [-0.25, -0.2) is 13.4 Å². The summed E-state index contributed by atoms with van der Waals surface area (Å²) < 4.78 is 33.1. The number of nitrogens with zero attached hydrogens (tertiary/aromatic N) is 1. The Morgan fingerprint density at radius 3 is 2.62 bits per heavy atom. The lowest BCUT2D eigenvalue weighted by Gasteiger charge is -2.10. The number of nitrogens with one attached hydrogen (secondary N) is 2. The first-order chi connectivity index (χ1) is 9.81. The molecule has 116 valence electrons. The Balaban J connectivity index is 2.37. The summed E-state index contributed by atoms with van der Waals surface area (Å²) in [5, 5.41) is 5.28. The highest BCUT2D eigenvalue weighted by atomic mass is 32.2. The molecule has 0 unspecified atom stereocenters. The maximum absolute atomic E-state index is 12.6. The highest BCUT2D eigenvalue weighted by Crippen LogP contribution is 2.28. The number of hydrogen-bond acceptors (Lipinski definition) is 6. The Labute approximate surface area is 128 Å². The second-order valence-corrected chi connectivity index (χ2v) is 7.51. The molecule has 0 atom stereocenters. The predicted octanol–water partition coefficient (Wildman–Crippen LogP) is 2.65. The first kappa shape index (κ1) is 16.0. The second kappa shape index (κ2) is 6.17. The summed E-state index contributed by atoms with van der Waals surface area (Å²) in [4.78, 5) is 4.15. The molecule has 2 rings (SSSR count). The fourth-order valence-corrected chi connectivity index (χ4v) is 4.25. The van der Waals surface area contributed by atoms with Crippen molar-refractivity contribution < 1.29 is 12.8 Å². The summed E-state index contributed by atoms with van der Waals surface area (Å²) in [6.45, 7) is 7.87. The molecule has 0 bridgehead atoms. The average Bonchev–Trinajstić information content (AvgIpc) is 2.94. The Bertz CT molecular complexity index is 703. The van der Waals surface area contributed by atoms with Crippen molar-refractivity contribution in [2.24, 2.45) is 0 Å². The van der Waals surface area contributed by atoms with Gasteiger partial charge in [0, 0.05) is 29.7 Å². The van der Waals surface area contributed by atoms with Crippen LogP contribution in [0.2, 0.25) is 0 Å². The van der Waals surface area contributed by atoms with E-state index in [0.29, 0.717) is 28.8 Å². The lowest BCUT2D eigenvalue weighted by atomic mass is 10.2. The summed E-state index contributed by atoms with van der Waals surface area (Å²) in [5.41, 5.74) is 0.658. The molecular formula is C13H19N3O3S2. The van der Waals surface area contributed by atoms with E-state index in [-0.39, 0.29) is 10.9 Å². The number of furan rings is 1. The molecule has 0 aliphatic rings. The molecule has 0 fully saturated rings. The number of aromatic nitrogens is 1. The largest absolute Gasteiger partial charge is 0.465 e. The van der Waals surface area contributed by atoms with Crippen LogP contribution in [0.1, 0.15) is 30.9 Å². The minimum Gasteiger partial charge on any atom is -0.465 e. The van der Waals surface area contributed by atoms with E-state index < -0.39 is 10.0 Å². The highest BCUT2D eigenvalue weighted by Gasteiger charge is 2.27. The normalized spacial score (nSPS) is 12.0. The van der Waals surface area contributed by atoms with Gasteiger partial charge in [-0.2, -0.15) is 0 Å². The van der Waals surface area contributed by atoms with Crippen molar-refractivity contribution in [3.8, 4) is 0 Å². The van der Waals surface area contributed by atoms with Crippen LogP contribution in [0.25, 0.3) is 0 Å². The monoisotopic (exact) mass is 329 g/mol.